The van der Waals surface area contributed by atoms with Gasteiger partial charge in [-0.1, -0.05) is 6.58 Å². The van der Waals surface area contributed by atoms with Gasteiger partial charge < -0.3 is 19.1 Å². The van der Waals surface area contributed by atoms with E-state index in [1.54, 1.807) is 20.8 Å². The van der Waals surface area contributed by atoms with Crippen molar-refractivity contribution in [1.29, 1.82) is 0 Å². The average molecular weight is 344 g/mol. The van der Waals surface area contributed by atoms with E-state index in [0.717, 1.165) is 12.4 Å². The van der Waals surface area contributed by atoms with Crippen LogP contribution in [0.3, 0.4) is 0 Å². The summed E-state index contributed by atoms with van der Waals surface area (Å²) in [5, 5.41) is 0. The Kier molecular flexibility index (Phi) is 15.1. The molecule has 0 aromatic carbocycles. The second kappa shape index (κ2) is 13.5. The van der Waals surface area contributed by atoms with Crippen molar-refractivity contribution < 1.29 is 28.7 Å². The molecule has 0 rings (SSSR count). The molecule has 0 aliphatic carbocycles. The zero-order valence-electron chi connectivity index (χ0n) is 16.2. The highest BCUT2D eigenvalue weighted by Crippen LogP contribution is 2.09. The van der Waals surface area contributed by atoms with E-state index in [1.165, 1.54) is 13.8 Å². The maximum absolute atomic E-state index is 11.0. The van der Waals surface area contributed by atoms with Crippen molar-refractivity contribution in [1.82, 2.24) is 0 Å². The summed E-state index contributed by atoms with van der Waals surface area (Å²) in [4.78, 5) is 40.8. The van der Waals surface area contributed by atoms with Crippen LogP contribution in [0.15, 0.2) is 12.7 Å². The number of aldehydes is 1. The number of carbonyl (C=O) groups is 4. The van der Waals surface area contributed by atoms with Crippen molar-refractivity contribution in [2.45, 2.75) is 79.4 Å². The Morgan fingerprint density at radius 1 is 0.917 bits per heavy atom. The molecular formula is C18H32O6. The molecule has 0 unspecified atom stereocenters. The minimum Gasteiger partial charge on any atom is -0.460 e. The van der Waals surface area contributed by atoms with Crippen LogP contribution in [-0.2, 0) is 28.7 Å². The number of ketones is 1. The lowest BCUT2D eigenvalue weighted by atomic mass is 10.2. The van der Waals surface area contributed by atoms with Gasteiger partial charge in [0.05, 0.1) is 6.42 Å². The molecule has 0 heterocycles. The standard InChI is InChI=1S/C9H16O3.C7H12O2.C2H4O/c1-7(10)5-6-8(11)12-9(2,3)4;1-5-6(8)9-7(2,3)4;1-2-3/h5-6H2,1-4H3;5H,1H2,2-4H3;2H,1H3. The second-order valence-corrected chi connectivity index (χ2v) is 6.76. The van der Waals surface area contributed by atoms with Gasteiger partial charge in [-0.25, -0.2) is 4.79 Å². The van der Waals surface area contributed by atoms with E-state index in [-0.39, 0.29) is 30.6 Å². The highest BCUT2D eigenvalue weighted by Gasteiger charge is 2.16. The third-order valence-corrected chi connectivity index (χ3v) is 1.67. The second-order valence-electron chi connectivity index (χ2n) is 6.76. The largest absolute Gasteiger partial charge is 0.460 e. The van der Waals surface area contributed by atoms with Crippen molar-refractivity contribution in [2.75, 3.05) is 0 Å². The first kappa shape index (κ1) is 26.9. The fraction of sp³-hybridized carbons (Fsp3) is 0.667. The lowest BCUT2D eigenvalue weighted by molar-refractivity contribution is -0.155. The van der Waals surface area contributed by atoms with Crippen LogP contribution in [0.1, 0.15) is 68.2 Å². The Hall–Kier alpha value is -1.98. The van der Waals surface area contributed by atoms with Crippen molar-refractivity contribution in [3.63, 3.8) is 0 Å². The third kappa shape index (κ3) is 32.1. The van der Waals surface area contributed by atoms with E-state index >= 15 is 0 Å². The molecule has 0 atom stereocenters. The van der Waals surface area contributed by atoms with Gasteiger partial charge >= 0.3 is 11.9 Å². The van der Waals surface area contributed by atoms with Crippen LogP contribution in [0, 0.1) is 0 Å². The van der Waals surface area contributed by atoms with Crippen LogP contribution in [0.5, 0.6) is 0 Å². The van der Waals surface area contributed by atoms with Gasteiger partial charge in [0.2, 0.25) is 0 Å². The van der Waals surface area contributed by atoms with Crippen molar-refractivity contribution >= 4 is 24.0 Å². The average Bonchev–Trinajstić information content (AvgIpc) is 2.34. The quantitative estimate of drug-likeness (QED) is 0.441. The molecule has 6 nitrogen and oxygen atoms in total. The summed E-state index contributed by atoms with van der Waals surface area (Å²) in [7, 11) is 0. The maximum Gasteiger partial charge on any atom is 0.330 e. The summed E-state index contributed by atoms with van der Waals surface area (Å²) < 4.78 is 9.83. The Balaban J connectivity index is -0.000000324. The predicted molar refractivity (Wildman–Crippen MR) is 93.5 cm³/mol. The van der Waals surface area contributed by atoms with Gasteiger partial charge in [-0.05, 0) is 55.4 Å². The first-order valence-electron chi connectivity index (χ1n) is 7.65. The molecule has 0 aromatic rings. The summed E-state index contributed by atoms with van der Waals surface area (Å²) >= 11 is 0. The first-order valence-corrected chi connectivity index (χ1v) is 7.65. The predicted octanol–water partition coefficient (Wildman–Crippen LogP) is 3.42. The molecule has 0 fully saturated rings. The highest BCUT2D eigenvalue weighted by atomic mass is 16.6. The number of Topliss-reactive ketones (excluding diaryl/α,β-unsaturated/α-hetero) is 1. The van der Waals surface area contributed by atoms with Crippen LogP contribution >= 0.6 is 0 Å². The zero-order chi connectivity index (χ0) is 20.0. The van der Waals surface area contributed by atoms with E-state index < -0.39 is 11.2 Å². The van der Waals surface area contributed by atoms with E-state index in [1.807, 2.05) is 20.8 Å². The molecule has 0 saturated carbocycles. The number of ether oxygens (including phenoxy) is 2. The summed E-state index contributed by atoms with van der Waals surface area (Å²) in [6, 6.07) is 0. The number of esters is 2. The molecule has 0 bridgehead atoms. The lowest BCUT2D eigenvalue weighted by Gasteiger charge is -2.19. The molecule has 0 spiro atoms. The molecular weight excluding hydrogens is 312 g/mol. The Morgan fingerprint density at radius 2 is 1.29 bits per heavy atom. The monoisotopic (exact) mass is 344 g/mol. The van der Waals surface area contributed by atoms with E-state index in [4.69, 9.17) is 14.3 Å². The molecule has 0 saturated heterocycles. The minimum absolute atomic E-state index is 0.0147. The minimum atomic E-state index is -0.451. The van der Waals surface area contributed by atoms with Crippen LogP contribution in [0.2, 0.25) is 0 Å². The SMILES string of the molecule is C=CC(=O)OC(C)(C)C.CC(=O)CCC(=O)OC(C)(C)C.CC=O. The van der Waals surface area contributed by atoms with Crippen LogP contribution < -0.4 is 0 Å². The topological polar surface area (TPSA) is 86.7 Å². The summed E-state index contributed by atoms with van der Waals surface area (Å²) in [6.45, 7) is 17.0. The molecule has 0 aliphatic rings. The van der Waals surface area contributed by atoms with E-state index in [2.05, 4.69) is 6.58 Å². The van der Waals surface area contributed by atoms with Crippen molar-refractivity contribution in [2.24, 2.45) is 0 Å². The van der Waals surface area contributed by atoms with Crippen LogP contribution in [0.25, 0.3) is 0 Å². The molecule has 0 aliphatic heterocycles. The van der Waals surface area contributed by atoms with Gasteiger partial charge in [0, 0.05) is 12.5 Å². The first-order chi connectivity index (χ1) is 10.7. The Bertz CT molecular complexity index is 410. The molecule has 0 amide bonds. The molecule has 24 heavy (non-hydrogen) atoms. The molecule has 140 valence electrons. The summed E-state index contributed by atoms with van der Waals surface area (Å²) in [5.74, 6) is -0.666. The number of rotatable bonds is 4. The fourth-order valence-corrected chi connectivity index (χ4v) is 1.01. The normalized spacial score (nSPS) is 10.0. The Morgan fingerprint density at radius 3 is 1.50 bits per heavy atom. The van der Waals surface area contributed by atoms with E-state index in [9.17, 15) is 14.4 Å². The maximum atomic E-state index is 11.0. The van der Waals surface area contributed by atoms with Crippen molar-refractivity contribution in [3.8, 4) is 0 Å². The van der Waals surface area contributed by atoms with Crippen molar-refractivity contribution in [3.05, 3.63) is 12.7 Å². The van der Waals surface area contributed by atoms with Crippen LogP contribution in [-0.4, -0.2) is 35.2 Å². The summed E-state index contributed by atoms with van der Waals surface area (Å²) in [6.07, 6.45) is 2.37. The zero-order valence-corrected chi connectivity index (χ0v) is 16.2. The smallest absolute Gasteiger partial charge is 0.330 e. The number of hydrogen-bond donors (Lipinski definition) is 0. The third-order valence-electron chi connectivity index (χ3n) is 1.67. The number of carbonyl (C=O) groups excluding carboxylic acids is 4. The molecule has 6 heteroatoms. The van der Waals surface area contributed by atoms with Crippen LogP contribution in [0.4, 0.5) is 0 Å². The number of hydrogen-bond acceptors (Lipinski definition) is 6. The Labute approximate surface area is 145 Å². The van der Waals surface area contributed by atoms with Gasteiger partial charge in [-0.2, -0.15) is 0 Å². The highest BCUT2D eigenvalue weighted by molar-refractivity contribution is 5.81. The molecule has 0 radical (unpaired) electrons. The molecule has 0 aromatic heterocycles. The fourth-order valence-electron chi connectivity index (χ4n) is 1.01. The van der Waals surface area contributed by atoms with Gasteiger partial charge in [0.15, 0.2) is 0 Å². The van der Waals surface area contributed by atoms with Gasteiger partial charge in [-0.3, -0.25) is 4.79 Å². The lowest BCUT2D eigenvalue weighted by Crippen LogP contribution is -2.23. The van der Waals surface area contributed by atoms with E-state index in [0.29, 0.717) is 0 Å². The van der Waals surface area contributed by atoms with Gasteiger partial charge in [0.25, 0.3) is 0 Å². The summed E-state index contributed by atoms with van der Waals surface area (Å²) in [5.41, 5.74) is -0.848. The van der Waals surface area contributed by atoms with Gasteiger partial charge in [-0.15, -0.1) is 0 Å². The van der Waals surface area contributed by atoms with Gasteiger partial charge in [0.1, 0.15) is 23.3 Å². The molecule has 0 N–H and O–H groups in total.